The normalized spacial score (nSPS) is 33.6. The summed E-state index contributed by atoms with van der Waals surface area (Å²) in [5, 5.41) is 8.69. The van der Waals surface area contributed by atoms with Crippen molar-refractivity contribution in [1.82, 2.24) is 0 Å². The number of carboxylic acid groups (broad SMARTS) is 1. The van der Waals surface area contributed by atoms with Crippen molar-refractivity contribution in [1.29, 1.82) is 0 Å². The average Bonchev–Trinajstić information content (AvgIpc) is 2.28. The summed E-state index contributed by atoms with van der Waals surface area (Å²) in [6.45, 7) is 0.426. The first-order valence-corrected chi connectivity index (χ1v) is 4.09. The van der Waals surface area contributed by atoms with Crippen LogP contribution in [0.1, 0.15) is 25.7 Å². The van der Waals surface area contributed by atoms with Crippen molar-refractivity contribution in [2.24, 2.45) is 5.92 Å². The van der Waals surface area contributed by atoms with E-state index in [1.54, 1.807) is 0 Å². The van der Waals surface area contributed by atoms with Crippen LogP contribution in [0.5, 0.6) is 0 Å². The van der Waals surface area contributed by atoms with Crippen LogP contribution in [-0.2, 0) is 9.53 Å². The van der Waals surface area contributed by atoms with E-state index in [4.69, 9.17) is 9.84 Å². The van der Waals surface area contributed by atoms with Crippen molar-refractivity contribution in [3.63, 3.8) is 0 Å². The fourth-order valence-corrected chi connectivity index (χ4v) is 1.92. The second-order valence-corrected chi connectivity index (χ2v) is 3.59. The molecule has 1 atom stereocenters. The molecular weight excluding hydrogens is 144 g/mol. The molecule has 3 nitrogen and oxygen atoms in total. The van der Waals surface area contributed by atoms with Crippen LogP contribution in [0.3, 0.4) is 0 Å². The van der Waals surface area contributed by atoms with E-state index in [-0.39, 0.29) is 11.5 Å². The molecular formula is C8H12O3. The molecule has 1 aliphatic heterocycles. The second kappa shape index (κ2) is 2.21. The van der Waals surface area contributed by atoms with Crippen molar-refractivity contribution in [3.05, 3.63) is 0 Å². The molecule has 1 N–H and O–H groups in total. The minimum Gasteiger partial charge on any atom is -0.481 e. The molecule has 3 heteroatoms. The Morgan fingerprint density at radius 2 is 2.27 bits per heavy atom. The second-order valence-electron chi connectivity index (χ2n) is 3.59. The van der Waals surface area contributed by atoms with Crippen molar-refractivity contribution < 1.29 is 14.6 Å². The quantitative estimate of drug-likeness (QED) is 0.616. The smallest absolute Gasteiger partial charge is 0.308 e. The van der Waals surface area contributed by atoms with Crippen molar-refractivity contribution in [2.45, 2.75) is 31.3 Å². The maximum atomic E-state index is 10.5. The molecule has 62 valence electrons. The van der Waals surface area contributed by atoms with Gasteiger partial charge in [-0.2, -0.15) is 0 Å². The number of carbonyl (C=O) groups is 1. The van der Waals surface area contributed by atoms with E-state index >= 15 is 0 Å². The van der Waals surface area contributed by atoms with Gasteiger partial charge in [-0.1, -0.05) is 0 Å². The zero-order valence-corrected chi connectivity index (χ0v) is 6.38. The first-order valence-electron chi connectivity index (χ1n) is 4.09. The summed E-state index contributed by atoms with van der Waals surface area (Å²) >= 11 is 0. The minimum absolute atomic E-state index is 0.0109. The molecule has 0 aromatic heterocycles. The first-order chi connectivity index (χ1) is 5.22. The number of hydrogen-bond donors (Lipinski definition) is 1. The van der Waals surface area contributed by atoms with Crippen LogP contribution in [-0.4, -0.2) is 23.3 Å². The lowest BCUT2D eigenvalue weighted by molar-refractivity contribution is -0.141. The van der Waals surface area contributed by atoms with Crippen LogP contribution in [0.15, 0.2) is 0 Å². The van der Waals surface area contributed by atoms with Crippen LogP contribution in [0.4, 0.5) is 0 Å². The third-order valence-electron chi connectivity index (χ3n) is 2.82. The van der Waals surface area contributed by atoms with Gasteiger partial charge in [0.25, 0.3) is 0 Å². The Morgan fingerprint density at radius 1 is 1.55 bits per heavy atom. The molecule has 0 aromatic rings. The summed E-state index contributed by atoms with van der Waals surface area (Å²) in [6.07, 6.45) is 4.07. The van der Waals surface area contributed by atoms with E-state index in [1.165, 1.54) is 6.42 Å². The molecule has 2 aliphatic rings. The van der Waals surface area contributed by atoms with Gasteiger partial charge in [-0.3, -0.25) is 4.79 Å². The lowest BCUT2D eigenvalue weighted by Gasteiger charge is -2.36. The molecule has 1 spiro atoms. The average molecular weight is 156 g/mol. The Hall–Kier alpha value is -0.570. The molecule has 0 unspecified atom stereocenters. The molecule has 0 bridgehead atoms. The third kappa shape index (κ3) is 1.03. The highest BCUT2D eigenvalue weighted by atomic mass is 16.5. The van der Waals surface area contributed by atoms with Gasteiger partial charge >= 0.3 is 5.97 Å². The van der Waals surface area contributed by atoms with Crippen LogP contribution >= 0.6 is 0 Å². The van der Waals surface area contributed by atoms with Crippen molar-refractivity contribution in [2.75, 3.05) is 6.61 Å². The maximum absolute atomic E-state index is 10.5. The van der Waals surface area contributed by atoms with Crippen molar-refractivity contribution in [3.8, 4) is 0 Å². The van der Waals surface area contributed by atoms with Crippen LogP contribution in [0.2, 0.25) is 0 Å². The third-order valence-corrected chi connectivity index (χ3v) is 2.82. The predicted molar refractivity (Wildman–Crippen MR) is 38.3 cm³/mol. The molecule has 1 saturated heterocycles. The van der Waals surface area contributed by atoms with E-state index in [0.29, 0.717) is 6.61 Å². The van der Waals surface area contributed by atoms with Crippen LogP contribution in [0.25, 0.3) is 0 Å². The maximum Gasteiger partial charge on any atom is 0.308 e. The van der Waals surface area contributed by atoms with Crippen molar-refractivity contribution >= 4 is 5.97 Å². The summed E-state index contributed by atoms with van der Waals surface area (Å²) in [6, 6.07) is 0. The van der Waals surface area contributed by atoms with Gasteiger partial charge in [0.15, 0.2) is 0 Å². The molecule has 11 heavy (non-hydrogen) atoms. The van der Waals surface area contributed by atoms with E-state index in [2.05, 4.69) is 0 Å². The highest BCUT2D eigenvalue weighted by molar-refractivity contribution is 5.70. The van der Waals surface area contributed by atoms with Crippen LogP contribution < -0.4 is 0 Å². The zero-order chi connectivity index (χ0) is 7.90. The first kappa shape index (κ1) is 7.10. The fourth-order valence-electron chi connectivity index (χ4n) is 1.92. The summed E-state index contributed by atoms with van der Waals surface area (Å²) in [7, 11) is 0. The lowest BCUT2D eigenvalue weighted by atomic mass is 9.76. The number of aliphatic carboxylic acids is 1. The number of hydrogen-bond acceptors (Lipinski definition) is 2. The van der Waals surface area contributed by atoms with Gasteiger partial charge in [0.05, 0.1) is 18.1 Å². The van der Waals surface area contributed by atoms with Gasteiger partial charge in [-0.25, -0.2) is 0 Å². The number of carboxylic acids is 1. The molecule has 2 rings (SSSR count). The minimum atomic E-state index is -0.700. The number of ether oxygens (including phenoxy) is 1. The summed E-state index contributed by atoms with van der Waals surface area (Å²) < 4.78 is 5.47. The highest BCUT2D eigenvalue weighted by Gasteiger charge is 2.47. The van der Waals surface area contributed by atoms with Gasteiger partial charge in [0.2, 0.25) is 0 Å². The zero-order valence-electron chi connectivity index (χ0n) is 6.38. The van der Waals surface area contributed by atoms with Crippen LogP contribution in [0, 0.1) is 5.92 Å². The van der Waals surface area contributed by atoms with E-state index in [0.717, 1.165) is 19.3 Å². The van der Waals surface area contributed by atoms with E-state index < -0.39 is 5.97 Å². The largest absolute Gasteiger partial charge is 0.481 e. The van der Waals surface area contributed by atoms with Gasteiger partial charge in [0.1, 0.15) is 0 Å². The topological polar surface area (TPSA) is 46.5 Å². The Labute approximate surface area is 65.4 Å². The Bertz CT molecular complexity index is 184. The molecule has 0 radical (unpaired) electrons. The fraction of sp³-hybridized carbons (Fsp3) is 0.875. The molecule has 0 amide bonds. The molecule has 1 aliphatic carbocycles. The standard InChI is InChI=1S/C8H12O3/c9-7(10)6-4-8(11-5-6)2-1-3-8/h6H,1-5H2,(H,9,10)/t6-/m0/s1. The van der Waals surface area contributed by atoms with E-state index in [9.17, 15) is 4.79 Å². The summed E-state index contributed by atoms with van der Waals surface area (Å²) in [4.78, 5) is 10.5. The Morgan fingerprint density at radius 3 is 2.55 bits per heavy atom. The summed E-state index contributed by atoms with van der Waals surface area (Å²) in [5.74, 6) is -0.941. The Balaban J connectivity index is 1.98. The monoisotopic (exact) mass is 156 g/mol. The van der Waals surface area contributed by atoms with Gasteiger partial charge < -0.3 is 9.84 Å². The predicted octanol–water partition coefficient (Wildman–Crippen LogP) is 1.03. The summed E-state index contributed by atoms with van der Waals surface area (Å²) in [5.41, 5.74) is -0.0109. The molecule has 1 saturated carbocycles. The number of rotatable bonds is 1. The van der Waals surface area contributed by atoms with Gasteiger partial charge in [-0.05, 0) is 25.7 Å². The highest BCUT2D eigenvalue weighted by Crippen LogP contribution is 2.45. The van der Waals surface area contributed by atoms with Gasteiger partial charge in [-0.15, -0.1) is 0 Å². The van der Waals surface area contributed by atoms with Gasteiger partial charge in [0, 0.05) is 0 Å². The molecule has 1 heterocycles. The molecule has 0 aromatic carbocycles. The SMILES string of the molecule is O=C(O)[C@@H]1COC2(CCC2)C1. The van der Waals surface area contributed by atoms with E-state index in [1.807, 2.05) is 0 Å². The molecule has 2 fully saturated rings. The lowest BCUT2D eigenvalue weighted by Crippen LogP contribution is -2.36. The Kier molecular flexibility index (Phi) is 1.42.